The minimum absolute atomic E-state index is 0.113. The fourth-order valence-corrected chi connectivity index (χ4v) is 4.31. The van der Waals surface area contributed by atoms with Crippen molar-refractivity contribution in [3.8, 4) is 10.4 Å². The predicted molar refractivity (Wildman–Crippen MR) is 120 cm³/mol. The number of carboxylic acid groups (broad SMARTS) is 1. The number of oxime groups is 1. The number of nitrogens with zero attached hydrogens (tertiary/aromatic N) is 1. The Labute approximate surface area is 187 Å². The van der Waals surface area contributed by atoms with Crippen LogP contribution in [0.3, 0.4) is 0 Å². The summed E-state index contributed by atoms with van der Waals surface area (Å²) in [5.41, 5.74) is 2.84. The van der Waals surface area contributed by atoms with E-state index in [1.54, 1.807) is 30.3 Å². The second kappa shape index (κ2) is 9.63. The summed E-state index contributed by atoms with van der Waals surface area (Å²) in [7, 11) is 0. The maximum atomic E-state index is 11.4. The van der Waals surface area contributed by atoms with Crippen LogP contribution in [0.2, 0.25) is 15.1 Å². The molecule has 1 N–H and O–H groups in total. The molecule has 1 heterocycles. The molecule has 0 amide bonds. The molecule has 1 aromatic heterocycles. The molecule has 2 aromatic carbocycles. The first-order valence-electron chi connectivity index (χ1n) is 8.65. The van der Waals surface area contributed by atoms with Crippen molar-refractivity contribution >= 4 is 57.8 Å². The number of thiophene rings is 1. The van der Waals surface area contributed by atoms with Gasteiger partial charge in [-0.25, -0.2) is 0 Å². The van der Waals surface area contributed by atoms with Gasteiger partial charge >= 0.3 is 5.97 Å². The van der Waals surface area contributed by atoms with Gasteiger partial charge in [0.15, 0.2) is 0 Å². The van der Waals surface area contributed by atoms with Gasteiger partial charge in [-0.1, -0.05) is 58.2 Å². The molecule has 0 aliphatic heterocycles. The van der Waals surface area contributed by atoms with Crippen molar-refractivity contribution in [3.05, 3.63) is 79.6 Å². The van der Waals surface area contributed by atoms with Gasteiger partial charge in [-0.05, 0) is 48.4 Å². The van der Waals surface area contributed by atoms with Crippen molar-refractivity contribution in [1.29, 1.82) is 0 Å². The zero-order chi connectivity index (χ0) is 21.0. The quantitative estimate of drug-likeness (QED) is 0.307. The number of aliphatic carboxylic acids is 1. The lowest BCUT2D eigenvalue weighted by atomic mass is 10.0. The highest BCUT2D eigenvalue weighted by molar-refractivity contribution is 7.17. The first kappa shape index (κ1) is 21.7. The van der Waals surface area contributed by atoms with E-state index in [9.17, 15) is 9.90 Å². The minimum atomic E-state index is -0.914. The SMILES string of the molecule is CCON=C(c1ccc(Cl)c(Cl)c1)c1cc(CC(=O)O)c(-c2ccc(Cl)cc2)s1. The molecule has 0 bridgehead atoms. The van der Waals surface area contributed by atoms with Crippen LogP contribution in [0.25, 0.3) is 10.4 Å². The molecule has 0 spiro atoms. The van der Waals surface area contributed by atoms with Crippen LogP contribution >= 0.6 is 46.1 Å². The molecule has 0 fully saturated rings. The molecular weight excluding hydrogens is 453 g/mol. The average Bonchev–Trinajstić information content (AvgIpc) is 3.08. The van der Waals surface area contributed by atoms with Gasteiger partial charge < -0.3 is 9.94 Å². The van der Waals surface area contributed by atoms with Crippen LogP contribution in [-0.4, -0.2) is 23.4 Å². The largest absolute Gasteiger partial charge is 0.481 e. The predicted octanol–water partition coefficient (Wildman–Crippen LogP) is 6.79. The Morgan fingerprint density at radius 3 is 2.41 bits per heavy atom. The molecule has 8 heteroatoms. The second-order valence-corrected chi connectivity index (χ2v) is 8.33. The van der Waals surface area contributed by atoms with E-state index < -0.39 is 5.97 Å². The maximum absolute atomic E-state index is 11.4. The molecule has 4 nitrogen and oxygen atoms in total. The third-order valence-electron chi connectivity index (χ3n) is 3.97. The van der Waals surface area contributed by atoms with Crippen molar-refractivity contribution in [2.24, 2.45) is 5.16 Å². The Hall–Kier alpha value is -2.05. The van der Waals surface area contributed by atoms with E-state index in [2.05, 4.69) is 5.16 Å². The van der Waals surface area contributed by atoms with Crippen LogP contribution in [0, 0.1) is 0 Å². The van der Waals surface area contributed by atoms with Crippen LogP contribution in [0.1, 0.15) is 22.9 Å². The van der Waals surface area contributed by atoms with Crippen molar-refractivity contribution in [2.45, 2.75) is 13.3 Å². The molecule has 0 atom stereocenters. The van der Waals surface area contributed by atoms with Crippen molar-refractivity contribution in [2.75, 3.05) is 6.61 Å². The molecule has 0 unspecified atom stereocenters. The van der Waals surface area contributed by atoms with E-state index >= 15 is 0 Å². The van der Waals surface area contributed by atoms with E-state index in [-0.39, 0.29) is 6.42 Å². The van der Waals surface area contributed by atoms with Gasteiger partial charge in [-0.15, -0.1) is 11.3 Å². The zero-order valence-corrected chi connectivity index (χ0v) is 18.4. The van der Waals surface area contributed by atoms with Gasteiger partial charge in [0.05, 0.1) is 21.3 Å². The highest BCUT2D eigenvalue weighted by Gasteiger charge is 2.19. The van der Waals surface area contributed by atoms with E-state index in [0.29, 0.717) is 32.9 Å². The smallest absolute Gasteiger partial charge is 0.307 e. The highest BCUT2D eigenvalue weighted by atomic mass is 35.5. The fourth-order valence-electron chi connectivity index (χ4n) is 2.70. The fraction of sp³-hybridized carbons (Fsp3) is 0.143. The number of rotatable bonds is 7. The normalized spacial score (nSPS) is 11.5. The number of hydrogen-bond acceptors (Lipinski definition) is 4. The molecule has 0 radical (unpaired) electrons. The lowest BCUT2D eigenvalue weighted by Gasteiger charge is -2.06. The summed E-state index contributed by atoms with van der Waals surface area (Å²) in [6, 6.07) is 14.3. The average molecular weight is 469 g/mol. The zero-order valence-electron chi connectivity index (χ0n) is 15.3. The van der Waals surface area contributed by atoms with Gasteiger partial charge in [0.1, 0.15) is 12.3 Å². The molecule has 150 valence electrons. The Bertz CT molecular complexity index is 1060. The van der Waals surface area contributed by atoms with Gasteiger partial charge in [-0.2, -0.15) is 0 Å². The third-order valence-corrected chi connectivity index (χ3v) is 6.19. The van der Waals surface area contributed by atoms with Gasteiger partial charge in [0, 0.05) is 15.5 Å². The van der Waals surface area contributed by atoms with E-state index in [0.717, 1.165) is 20.9 Å². The lowest BCUT2D eigenvalue weighted by Crippen LogP contribution is -2.03. The molecular formula is C21H16Cl3NO3S. The summed E-state index contributed by atoms with van der Waals surface area (Å²) in [6.07, 6.45) is -0.113. The van der Waals surface area contributed by atoms with Crippen LogP contribution in [0.15, 0.2) is 53.7 Å². The molecule has 0 saturated heterocycles. The Balaban J connectivity index is 2.13. The van der Waals surface area contributed by atoms with Crippen LogP contribution in [-0.2, 0) is 16.1 Å². The monoisotopic (exact) mass is 467 g/mol. The summed E-state index contributed by atoms with van der Waals surface area (Å²) in [6.45, 7) is 2.22. The van der Waals surface area contributed by atoms with Crippen molar-refractivity contribution in [3.63, 3.8) is 0 Å². The van der Waals surface area contributed by atoms with E-state index in [4.69, 9.17) is 39.6 Å². The molecule has 0 saturated carbocycles. The summed E-state index contributed by atoms with van der Waals surface area (Å²) in [5.74, 6) is -0.914. The van der Waals surface area contributed by atoms with Crippen LogP contribution < -0.4 is 0 Å². The van der Waals surface area contributed by atoms with Crippen LogP contribution in [0.5, 0.6) is 0 Å². The Morgan fingerprint density at radius 2 is 1.79 bits per heavy atom. The maximum Gasteiger partial charge on any atom is 0.307 e. The van der Waals surface area contributed by atoms with Crippen LogP contribution in [0.4, 0.5) is 0 Å². The number of hydrogen-bond donors (Lipinski definition) is 1. The summed E-state index contributed by atoms with van der Waals surface area (Å²) in [5, 5.41) is 15.0. The first-order chi connectivity index (χ1) is 13.9. The summed E-state index contributed by atoms with van der Waals surface area (Å²) in [4.78, 5) is 18.3. The van der Waals surface area contributed by atoms with Crippen molar-refractivity contribution in [1.82, 2.24) is 0 Å². The molecule has 3 aromatic rings. The van der Waals surface area contributed by atoms with E-state index in [1.165, 1.54) is 11.3 Å². The van der Waals surface area contributed by atoms with Crippen molar-refractivity contribution < 1.29 is 14.7 Å². The molecule has 3 rings (SSSR count). The third kappa shape index (κ3) is 5.31. The number of carboxylic acids is 1. The molecule has 29 heavy (non-hydrogen) atoms. The lowest BCUT2D eigenvalue weighted by molar-refractivity contribution is -0.136. The molecule has 0 aliphatic carbocycles. The van der Waals surface area contributed by atoms with Gasteiger partial charge in [-0.3, -0.25) is 4.79 Å². The number of carbonyl (C=O) groups is 1. The first-order valence-corrected chi connectivity index (χ1v) is 10.6. The topological polar surface area (TPSA) is 58.9 Å². The van der Waals surface area contributed by atoms with Gasteiger partial charge in [0.2, 0.25) is 0 Å². The standard InChI is InChI=1S/C21H16Cl3NO3S/c1-2-28-25-20(13-5-8-16(23)17(24)9-13)18-10-14(11-19(26)27)21(29-18)12-3-6-15(22)7-4-12/h3-10H,2,11H2,1H3,(H,26,27). The summed E-state index contributed by atoms with van der Waals surface area (Å²) >= 11 is 19.6. The number of benzene rings is 2. The Morgan fingerprint density at radius 1 is 1.07 bits per heavy atom. The van der Waals surface area contributed by atoms with Gasteiger partial charge in [0.25, 0.3) is 0 Å². The highest BCUT2D eigenvalue weighted by Crippen LogP contribution is 2.36. The number of halogens is 3. The second-order valence-electron chi connectivity index (χ2n) is 6.03. The minimum Gasteiger partial charge on any atom is -0.481 e. The van der Waals surface area contributed by atoms with E-state index in [1.807, 2.05) is 25.1 Å². The Kier molecular flexibility index (Phi) is 7.19. The molecule has 0 aliphatic rings. The summed E-state index contributed by atoms with van der Waals surface area (Å²) < 4.78 is 0.